The SMILES string of the molecule is CCC(CC)(CO)CN1CCC(C)(C)C1. The fraction of sp³-hybridized carbons (Fsp3) is 1.00. The average Bonchev–Trinajstić information content (AvgIpc) is 2.55. The molecule has 0 saturated carbocycles. The Hall–Kier alpha value is -0.0800. The van der Waals surface area contributed by atoms with Crippen molar-refractivity contribution < 1.29 is 5.11 Å². The molecule has 1 rings (SSSR count). The zero-order chi connectivity index (χ0) is 11.5. The van der Waals surface area contributed by atoms with Gasteiger partial charge in [-0.25, -0.2) is 0 Å². The van der Waals surface area contributed by atoms with Crippen LogP contribution in [-0.4, -0.2) is 36.2 Å². The van der Waals surface area contributed by atoms with Crippen LogP contribution in [0.4, 0.5) is 0 Å². The van der Waals surface area contributed by atoms with E-state index in [1.165, 1.54) is 19.5 Å². The van der Waals surface area contributed by atoms with Gasteiger partial charge in [0.1, 0.15) is 0 Å². The van der Waals surface area contributed by atoms with Crippen molar-refractivity contribution in [3.8, 4) is 0 Å². The summed E-state index contributed by atoms with van der Waals surface area (Å²) in [6, 6.07) is 0. The minimum Gasteiger partial charge on any atom is -0.396 e. The molecular weight excluding hydrogens is 186 g/mol. The molecule has 0 spiro atoms. The maximum atomic E-state index is 9.54. The molecule has 0 bridgehead atoms. The Balaban J connectivity index is 2.53. The first-order chi connectivity index (χ1) is 6.97. The van der Waals surface area contributed by atoms with Crippen LogP contribution >= 0.6 is 0 Å². The highest BCUT2D eigenvalue weighted by Gasteiger charge is 2.34. The molecule has 0 aromatic carbocycles. The smallest absolute Gasteiger partial charge is 0.0499 e. The van der Waals surface area contributed by atoms with Gasteiger partial charge in [0.25, 0.3) is 0 Å². The number of rotatable bonds is 5. The summed E-state index contributed by atoms with van der Waals surface area (Å²) in [7, 11) is 0. The monoisotopic (exact) mass is 213 g/mol. The van der Waals surface area contributed by atoms with Crippen LogP contribution < -0.4 is 0 Å². The summed E-state index contributed by atoms with van der Waals surface area (Å²) < 4.78 is 0. The van der Waals surface area contributed by atoms with Gasteiger partial charge >= 0.3 is 0 Å². The lowest BCUT2D eigenvalue weighted by Gasteiger charge is -2.34. The van der Waals surface area contributed by atoms with E-state index in [9.17, 15) is 5.11 Å². The van der Waals surface area contributed by atoms with E-state index in [-0.39, 0.29) is 5.41 Å². The third-order valence-electron chi connectivity index (χ3n) is 4.15. The first-order valence-corrected chi connectivity index (χ1v) is 6.30. The van der Waals surface area contributed by atoms with E-state index in [0.717, 1.165) is 19.4 Å². The number of likely N-dealkylation sites (tertiary alicyclic amines) is 1. The molecule has 0 unspecified atom stereocenters. The van der Waals surface area contributed by atoms with Crippen LogP contribution in [0.2, 0.25) is 0 Å². The Morgan fingerprint density at radius 1 is 1.27 bits per heavy atom. The van der Waals surface area contributed by atoms with E-state index in [4.69, 9.17) is 0 Å². The number of aliphatic hydroxyl groups excluding tert-OH is 1. The van der Waals surface area contributed by atoms with Gasteiger partial charge in [0.15, 0.2) is 0 Å². The summed E-state index contributed by atoms with van der Waals surface area (Å²) in [5.41, 5.74) is 0.614. The lowest BCUT2D eigenvalue weighted by molar-refractivity contribution is 0.0714. The number of nitrogens with zero attached hydrogens (tertiary/aromatic N) is 1. The van der Waals surface area contributed by atoms with Gasteiger partial charge < -0.3 is 10.0 Å². The Morgan fingerprint density at radius 3 is 2.20 bits per heavy atom. The molecule has 0 amide bonds. The highest BCUT2D eigenvalue weighted by Crippen LogP contribution is 2.33. The molecule has 0 atom stereocenters. The van der Waals surface area contributed by atoms with E-state index in [2.05, 4.69) is 32.6 Å². The van der Waals surface area contributed by atoms with E-state index >= 15 is 0 Å². The van der Waals surface area contributed by atoms with Gasteiger partial charge in [0.05, 0.1) is 0 Å². The van der Waals surface area contributed by atoms with Gasteiger partial charge in [-0.3, -0.25) is 0 Å². The quantitative estimate of drug-likeness (QED) is 0.758. The van der Waals surface area contributed by atoms with Crippen molar-refractivity contribution in [1.29, 1.82) is 0 Å². The fourth-order valence-corrected chi connectivity index (χ4v) is 2.58. The molecule has 90 valence electrons. The molecule has 2 heteroatoms. The zero-order valence-corrected chi connectivity index (χ0v) is 10.8. The van der Waals surface area contributed by atoms with Crippen LogP contribution in [0.15, 0.2) is 0 Å². The second-order valence-corrected chi connectivity index (χ2v) is 5.99. The molecule has 1 aliphatic heterocycles. The second-order valence-electron chi connectivity index (χ2n) is 5.99. The van der Waals surface area contributed by atoms with Crippen molar-refractivity contribution in [2.24, 2.45) is 10.8 Å². The van der Waals surface area contributed by atoms with Gasteiger partial charge in [0, 0.05) is 25.1 Å². The molecule has 1 saturated heterocycles. The predicted molar refractivity (Wildman–Crippen MR) is 64.9 cm³/mol. The third kappa shape index (κ3) is 3.18. The van der Waals surface area contributed by atoms with Gasteiger partial charge in [-0.05, 0) is 31.2 Å². The van der Waals surface area contributed by atoms with Crippen molar-refractivity contribution in [1.82, 2.24) is 4.90 Å². The van der Waals surface area contributed by atoms with E-state index < -0.39 is 0 Å². The predicted octanol–water partition coefficient (Wildman–Crippen LogP) is 2.52. The largest absolute Gasteiger partial charge is 0.396 e. The number of hydrogen-bond donors (Lipinski definition) is 1. The van der Waals surface area contributed by atoms with Crippen LogP contribution in [0.1, 0.15) is 47.0 Å². The molecule has 0 aromatic heterocycles. The van der Waals surface area contributed by atoms with Gasteiger partial charge in [0.2, 0.25) is 0 Å². The third-order valence-corrected chi connectivity index (χ3v) is 4.15. The Bertz CT molecular complexity index is 188. The van der Waals surface area contributed by atoms with Gasteiger partial charge in [-0.2, -0.15) is 0 Å². The van der Waals surface area contributed by atoms with Crippen LogP contribution in [0.5, 0.6) is 0 Å². The molecular formula is C13H27NO. The van der Waals surface area contributed by atoms with Crippen LogP contribution in [0, 0.1) is 10.8 Å². The Morgan fingerprint density at radius 2 is 1.87 bits per heavy atom. The minimum atomic E-state index is 0.139. The van der Waals surface area contributed by atoms with E-state index in [1.54, 1.807) is 0 Å². The lowest BCUT2D eigenvalue weighted by Crippen LogP contribution is -2.39. The van der Waals surface area contributed by atoms with Gasteiger partial charge in [-0.1, -0.05) is 27.7 Å². The van der Waals surface area contributed by atoms with Crippen LogP contribution in [0.3, 0.4) is 0 Å². The maximum Gasteiger partial charge on any atom is 0.0499 e. The number of aliphatic hydroxyl groups is 1. The first kappa shape index (κ1) is 13.0. The lowest BCUT2D eigenvalue weighted by atomic mass is 9.82. The molecule has 0 aliphatic carbocycles. The minimum absolute atomic E-state index is 0.139. The van der Waals surface area contributed by atoms with Crippen molar-refractivity contribution in [2.45, 2.75) is 47.0 Å². The molecule has 0 aromatic rings. The summed E-state index contributed by atoms with van der Waals surface area (Å²) in [5, 5.41) is 9.54. The normalized spacial score (nSPS) is 22.2. The van der Waals surface area contributed by atoms with Crippen LogP contribution in [0.25, 0.3) is 0 Å². The van der Waals surface area contributed by atoms with Crippen molar-refractivity contribution in [2.75, 3.05) is 26.2 Å². The second kappa shape index (κ2) is 4.84. The first-order valence-electron chi connectivity index (χ1n) is 6.30. The Labute approximate surface area is 94.7 Å². The van der Waals surface area contributed by atoms with E-state index in [1.807, 2.05) is 0 Å². The maximum absolute atomic E-state index is 9.54. The van der Waals surface area contributed by atoms with Crippen molar-refractivity contribution in [3.05, 3.63) is 0 Å². The highest BCUT2D eigenvalue weighted by molar-refractivity contribution is 4.87. The summed E-state index contributed by atoms with van der Waals surface area (Å²) >= 11 is 0. The fourth-order valence-electron chi connectivity index (χ4n) is 2.58. The molecule has 0 radical (unpaired) electrons. The van der Waals surface area contributed by atoms with Crippen molar-refractivity contribution in [3.63, 3.8) is 0 Å². The molecule has 2 nitrogen and oxygen atoms in total. The molecule has 1 heterocycles. The molecule has 1 aliphatic rings. The molecule has 1 N–H and O–H groups in total. The zero-order valence-electron chi connectivity index (χ0n) is 10.8. The summed E-state index contributed by atoms with van der Waals surface area (Å²) in [6.45, 7) is 12.9. The number of hydrogen-bond acceptors (Lipinski definition) is 2. The summed E-state index contributed by atoms with van der Waals surface area (Å²) in [4.78, 5) is 2.53. The molecule has 15 heavy (non-hydrogen) atoms. The average molecular weight is 213 g/mol. The highest BCUT2D eigenvalue weighted by atomic mass is 16.3. The summed E-state index contributed by atoms with van der Waals surface area (Å²) in [6.07, 6.45) is 3.45. The van der Waals surface area contributed by atoms with E-state index in [0.29, 0.717) is 12.0 Å². The Kier molecular flexibility index (Phi) is 4.19. The molecule has 1 fully saturated rings. The topological polar surface area (TPSA) is 23.5 Å². The van der Waals surface area contributed by atoms with Crippen molar-refractivity contribution >= 4 is 0 Å². The van der Waals surface area contributed by atoms with Gasteiger partial charge in [-0.15, -0.1) is 0 Å². The van der Waals surface area contributed by atoms with Crippen LogP contribution in [-0.2, 0) is 0 Å². The summed E-state index contributed by atoms with van der Waals surface area (Å²) in [5.74, 6) is 0. The standard InChI is InChI=1S/C13H27NO/c1-5-13(6-2,11-15)10-14-8-7-12(3,4)9-14/h15H,5-11H2,1-4H3.